The van der Waals surface area contributed by atoms with Crippen molar-refractivity contribution in [2.75, 3.05) is 5.32 Å². The van der Waals surface area contributed by atoms with E-state index in [2.05, 4.69) is 62.4 Å². The number of nitrogens with zero attached hydrogens (tertiary/aromatic N) is 1. The number of benzene rings is 2. The number of anilines is 1. The average Bonchev–Trinajstić information content (AvgIpc) is 3.05. The lowest BCUT2D eigenvalue weighted by Crippen LogP contribution is -2.11. The van der Waals surface area contributed by atoms with Crippen molar-refractivity contribution in [3.05, 3.63) is 60.4 Å². The molecule has 1 aliphatic rings. The quantitative estimate of drug-likeness (QED) is 0.265. The Labute approximate surface area is 202 Å². The molecule has 0 spiro atoms. The Bertz CT molecular complexity index is 1020. The summed E-state index contributed by atoms with van der Waals surface area (Å²) < 4.78 is 13.3. The van der Waals surface area contributed by atoms with Crippen LogP contribution in [0.25, 0.3) is 6.08 Å². The van der Waals surface area contributed by atoms with Gasteiger partial charge in [0.1, 0.15) is 5.75 Å². The number of ether oxygens (including phenoxy) is 2. The highest BCUT2D eigenvalue weighted by molar-refractivity contribution is 14.1. The predicted molar refractivity (Wildman–Crippen MR) is 134 cm³/mol. The maximum atomic E-state index is 12.3. The standard InChI is InChI=1S/C22H20I2N2O4/c1-4-12(2)29-20-17(23)9-14(10-18(20)24)11-19-22(28)30-21(26-19)15-5-7-16(8-6-15)25-13(3)27/h5-12H,4H2,1-3H3,(H,25,27)/b19-11-. The molecule has 3 rings (SSSR count). The second kappa shape index (κ2) is 9.90. The summed E-state index contributed by atoms with van der Waals surface area (Å²) in [6, 6.07) is 10.9. The smallest absolute Gasteiger partial charge is 0.363 e. The largest absolute Gasteiger partial charge is 0.489 e. The Morgan fingerprint density at radius 2 is 1.87 bits per heavy atom. The third-order valence-corrected chi connectivity index (χ3v) is 5.89. The number of hydrogen-bond acceptors (Lipinski definition) is 5. The first-order valence-corrected chi connectivity index (χ1v) is 11.5. The number of hydrogen-bond donors (Lipinski definition) is 1. The molecule has 0 aliphatic carbocycles. The third kappa shape index (κ3) is 5.60. The Hall–Kier alpha value is -1.95. The SMILES string of the molecule is CCC(C)Oc1c(I)cc(/C=C2\N=C(c3ccc(NC(C)=O)cc3)OC2=O)cc1I. The highest BCUT2D eigenvalue weighted by Crippen LogP contribution is 2.31. The van der Waals surface area contributed by atoms with Gasteiger partial charge in [-0.05, 0) is 107 Å². The number of halogens is 2. The molecule has 0 radical (unpaired) electrons. The van der Waals surface area contributed by atoms with Crippen LogP contribution in [0.15, 0.2) is 47.1 Å². The van der Waals surface area contributed by atoms with Crippen molar-refractivity contribution in [3.8, 4) is 5.75 Å². The van der Waals surface area contributed by atoms with Gasteiger partial charge in [0.2, 0.25) is 11.8 Å². The van der Waals surface area contributed by atoms with Crippen molar-refractivity contribution in [1.29, 1.82) is 0 Å². The Morgan fingerprint density at radius 3 is 2.43 bits per heavy atom. The van der Waals surface area contributed by atoms with Crippen LogP contribution in [-0.4, -0.2) is 23.9 Å². The average molecular weight is 630 g/mol. The van der Waals surface area contributed by atoms with Crippen molar-refractivity contribution in [2.24, 2.45) is 4.99 Å². The lowest BCUT2D eigenvalue weighted by molar-refractivity contribution is -0.129. The highest BCUT2D eigenvalue weighted by Gasteiger charge is 2.24. The molecule has 0 fully saturated rings. The number of rotatable bonds is 6. The van der Waals surface area contributed by atoms with Crippen molar-refractivity contribution >= 4 is 74.7 Å². The summed E-state index contributed by atoms with van der Waals surface area (Å²) in [6.45, 7) is 5.56. The van der Waals surface area contributed by atoms with E-state index in [1.54, 1.807) is 30.3 Å². The van der Waals surface area contributed by atoms with E-state index in [1.165, 1.54) is 6.92 Å². The molecule has 1 aliphatic heterocycles. The lowest BCUT2D eigenvalue weighted by Gasteiger charge is -2.16. The van der Waals surface area contributed by atoms with E-state index in [0.717, 1.165) is 24.9 Å². The molecule has 0 saturated heterocycles. The highest BCUT2D eigenvalue weighted by atomic mass is 127. The fraction of sp³-hybridized carbons (Fsp3) is 0.227. The molecule has 0 bridgehead atoms. The van der Waals surface area contributed by atoms with Crippen molar-refractivity contribution in [1.82, 2.24) is 0 Å². The molecular weight excluding hydrogens is 610 g/mol. The van der Waals surface area contributed by atoms with Gasteiger partial charge in [-0.1, -0.05) is 6.92 Å². The van der Waals surface area contributed by atoms with Crippen LogP contribution in [0.1, 0.15) is 38.3 Å². The van der Waals surface area contributed by atoms with Gasteiger partial charge in [0.25, 0.3) is 0 Å². The zero-order valence-corrected chi connectivity index (χ0v) is 21.0. The first-order chi connectivity index (χ1) is 14.3. The van der Waals surface area contributed by atoms with Crippen LogP contribution in [-0.2, 0) is 14.3 Å². The predicted octanol–water partition coefficient (Wildman–Crippen LogP) is 5.38. The molecule has 1 amide bonds. The van der Waals surface area contributed by atoms with Gasteiger partial charge in [0, 0.05) is 18.2 Å². The molecule has 8 heteroatoms. The minimum absolute atomic E-state index is 0.130. The van der Waals surface area contributed by atoms with E-state index >= 15 is 0 Å². The first-order valence-electron chi connectivity index (χ1n) is 9.33. The van der Waals surface area contributed by atoms with Crippen LogP contribution in [0.2, 0.25) is 0 Å². The van der Waals surface area contributed by atoms with Gasteiger partial charge in [-0.15, -0.1) is 0 Å². The fourth-order valence-electron chi connectivity index (χ4n) is 2.65. The molecule has 0 saturated carbocycles. The fourth-order valence-corrected chi connectivity index (χ4v) is 4.72. The maximum absolute atomic E-state index is 12.3. The molecule has 6 nitrogen and oxygen atoms in total. The first kappa shape index (κ1) is 22.7. The van der Waals surface area contributed by atoms with E-state index in [0.29, 0.717) is 11.3 Å². The summed E-state index contributed by atoms with van der Waals surface area (Å²) in [7, 11) is 0. The lowest BCUT2D eigenvalue weighted by atomic mass is 10.2. The molecule has 1 heterocycles. The minimum Gasteiger partial charge on any atom is -0.489 e. The molecule has 0 aromatic heterocycles. The van der Waals surface area contributed by atoms with Crippen LogP contribution in [0.3, 0.4) is 0 Å². The molecule has 2 aromatic carbocycles. The van der Waals surface area contributed by atoms with Gasteiger partial charge in [0.05, 0.1) is 13.2 Å². The Balaban J connectivity index is 1.84. The van der Waals surface area contributed by atoms with E-state index in [4.69, 9.17) is 9.47 Å². The zero-order chi connectivity index (χ0) is 21.8. The van der Waals surface area contributed by atoms with E-state index < -0.39 is 5.97 Å². The molecule has 1 atom stereocenters. The molecule has 1 unspecified atom stereocenters. The third-order valence-electron chi connectivity index (χ3n) is 4.29. The van der Waals surface area contributed by atoms with Gasteiger partial charge in [-0.2, -0.15) is 0 Å². The Morgan fingerprint density at radius 1 is 1.23 bits per heavy atom. The van der Waals surface area contributed by atoms with Crippen molar-refractivity contribution in [2.45, 2.75) is 33.3 Å². The Kier molecular flexibility index (Phi) is 7.50. The van der Waals surface area contributed by atoms with Gasteiger partial charge in [0.15, 0.2) is 5.70 Å². The summed E-state index contributed by atoms with van der Waals surface area (Å²) in [5.41, 5.74) is 2.40. The van der Waals surface area contributed by atoms with E-state index in [1.807, 2.05) is 19.1 Å². The number of carbonyl (C=O) groups excluding carboxylic acids is 2. The summed E-state index contributed by atoms with van der Waals surface area (Å²) in [6.07, 6.45) is 2.76. The number of aliphatic imine (C=N–C) groups is 1. The molecule has 156 valence electrons. The molecular formula is C22H20I2N2O4. The van der Waals surface area contributed by atoms with Crippen molar-refractivity contribution in [3.63, 3.8) is 0 Å². The zero-order valence-electron chi connectivity index (χ0n) is 16.7. The van der Waals surface area contributed by atoms with Gasteiger partial charge >= 0.3 is 5.97 Å². The molecule has 1 N–H and O–H groups in total. The van der Waals surface area contributed by atoms with Crippen LogP contribution < -0.4 is 10.1 Å². The number of esters is 1. The summed E-state index contributed by atoms with van der Waals surface area (Å²) >= 11 is 4.47. The van der Waals surface area contributed by atoms with Gasteiger partial charge < -0.3 is 14.8 Å². The molecule has 30 heavy (non-hydrogen) atoms. The normalized spacial score (nSPS) is 15.6. The summed E-state index contributed by atoms with van der Waals surface area (Å²) in [5, 5.41) is 2.69. The summed E-state index contributed by atoms with van der Waals surface area (Å²) in [5.74, 6) is 0.440. The minimum atomic E-state index is -0.499. The second-order valence-electron chi connectivity index (χ2n) is 6.74. The van der Waals surface area contributed by atoms with Crippen LogP contribution in [0, 0.1) is 7.14 Å². The number of amides is 1. The number of nitrogens with one attached hydrogen (secondary N) is 1. The van der Waals surface area contributed by atoms with E-state index in [-0.39, 0.29) is 23.6 Å². The molecule has 2 aromatic rings. The summed E-state index contributed by atoms with van der Waals surface area (Å²) in [4.78, 5) is 27.8. The maximum Gasteiger partial charge on any atom is 0.363 e. The van der Waals surface area contributed by atoms with Crippen molar-refractivity contribution < 1.29 is 19.1 Å². The van der Waals surface area contributed by atoms with Crippen LogP contribution in [0.4, 0.5) is 5.69 Å². The van der Waals surface area contributed by atoms with Crippen LogP contribution in [0.5, 0.6) is 5.75 Å². The van der Waals surface area contributed by atoms with Crippen LogP contribution >= 0.6 is 45.2 Å². The number of cyclic esters (lactones) is 1. The van der Waals surface area contributed by atoms with Gasteiger partial charge in [-0.25, -0.2) is 9.79 Å². The topological polar surface area (TPSA) is 77.0 Å². The number of carbonyl (C=O) groups is 2. The second-order valence-corrected chi connectivity index (χ2v) is 9.07. The van der Waals surface area contributed by atoms with E-state index in [9.17, 15) is 9.59 Å². The van der Waals surface area contributed by atoms with Gasteiger partial charge in [-0.3, -0.25) is 4.79 Å². The monoisotopic (exact) mass is 630 g/mol.